The first-order valence-electron chi connectivity index (χ1n) is 6.80. The van der Waals surface area contributed by atoms with Crippen molar-refractivity contribution in [1.29, 1.82) is 0 Å². The summed E-state index contributed by atoms with van der Waals surface area (Å²) in [5.41, 5.74) is 3.43. The van der Waals surface area contributed by atoms with Gasteiger partial charge in [-0.1, -0.05) is 45.0 Å². The smallest absolute Gasteiger partial charge is 0.231 e. The Morgan fingerprint density at radius 1 is 1.20 bits per heavy atom. The van der Waals surface area contributed by atoms with Gasteiger partial charge in [0.25, 0.3) is 0 Å². The molecule has 0 saturated heterocycles. The first-order valence-corrected chi connectivity index (χ1v) is 7.62. The Balaban J connectivity index is 1.83. The predicted octanol–water partition coefficient (Wildman–Crippen LogP) is 3.62. The SMILES string of the molecule is CC(C)(C)C(=O)Nc1nc2c(s1)Cc1ccccc1C2. The fraction of sp³-hybridized carbons (Fsp3) is 0.375. The molecule has 0 bridgehead atoms. The third-order valence-electron chi connectivity index (χ3n) is 3.51. The van der Waals surface area contributed by atoms with E-state index in [0.29, 0.717) is 0 Å². The Kier molecular flexibility index (Phi) is 3.13. The van der Waals surface area contributed by atoms with Crippen LogP contribution in [0.1, 0.15) is 42.5 Å². The molecule has 1 aromatic heterocycles. The number of thiazole rings is 1. The number of carbonyl (C=O) groups excluding carboxylic acids is 1. The van der Waals surface area contributed by atoms with Crippen LogP contribution >= 0.6 is 11.3 Å². The number of aromatic nitrogens is 1. The highest BCUT2D eigenvalue weighted by molar-refractivity contribution is 7.15. The average molecular weight is 286 g/mol. The first-order chi connectivity index (χ1) is 9.43. The van der Waals surface area contributed by atoms with Crippen LogP contribution in [0.4, 0.5) is 5.13 Å². The second-order valence-corrected chi connectivity index (χ2v) is 7.30. The van der Waals surface area contributed by atoms with Crippen LogP contribution in [0.15, 0.2) is 24.3 Å². The van der Waals surface area contributed by atoms with Crippen molar-refractivity contribution < 1.29 is 4.79 Å². The highest BCUT2D eigenvalue weighted by atomic mass is 32.1. The van der Waals surface area contributed by atoms with Crippen molar-refractivity contribution in [2.75, 3.05) is 5.32 Å². The van der Waals surface area contributed by atoms with E-state index in [2.05, 4.69) is 34.6 Å². The van der Waals surface area contributed by atoms with Gasteiger partial charge in [0.2, 0.25) is 5.91 Å². The minimum absolute atomic E-state index is 0.0149. The molecule has 104 valence electrons. The van der Waals surface area contributed by atoms with Crippen LogP contribution < -0.4 is 5.32 Å². The number of anilines is 1. The average Bonchev–Trinajstić information content (AvgIpc) is 2.75. The number of hydrogen-bond donors (Lipinski definition) is 1. The van der Waals surface area contributed by atoms with E-state index in [9.17, 15) is 4.79 Å². The maximum absolute atomic E-state index is 12.0. The molecule has 1 amide bonds. The van der Waals surface area contributed by atoms with E-state index in [4.69, 9.17) is 0 Å². The van der Waals surface area contributed by atoms with E-state index in [1.165, 1.54) is 16.0 Å². The number of benzene rings is 1. The molecule has 1 heterocycles. The van der Waals surface area contributed by atoms with Gasteiger partial charge in [0.15, 0.2) is 5.13 Å². The third kappa shape index (κ3) is 2.48. The molecule has 1 aliphatic rings. The van der Waals surface area contributed by atoms with Gasteiger partial charge in [-0.2, -0.15) is 0 Å². The van der Waals surface area contributed by atoms with Crippen LogP contribution in [0.25, 0.3) is 0 Å². The summed E-state index contributed by atoms with van der Waals surface area (Å²) in [5.74, 6) is 0.0149. The van der Waals surface area contributed by atoms with E-state index in [-0.39, 0.29) is 5.91 Å². The van der Waals surface area contributed by atoms with Crippen LogP contribution in [0.5, 0.6) is 0 Å². The minimum Gasteiger partial charge on any atom is -0.302 e. The monoisotopic (exact) mass is 286 g/mol. The van der Waals surface area contributed by atoms with Crippen LogP contribution in [0.3, 0.4) is 0 Å². The molecule has 0 radical (unpaired) electrons. The van der Waals surface area contributed by atoms with Gasteiger partial charge in [-0.25, -0.2) is 4.98 Å². The summed E-state index contributed by atoms with van der Waals surface area (Å²) in [6.45, 7) is 5.73. The fourth-order valence-electron chi connectivity index (χ4n) is 2.25. The second-order valence-electron chi connectivity index (χ2n) is 6.22. The van der Waals surface area contributed by atoms with Crippen molar-refractivity contribution in [2.24, 2.45) is 5.41 Å². The molecule has 0 aliphatic heterocycles. The Hall–Kier alpha value is -1.68. The van der Waals surface area contributed by atoms with Crippen molar-refractivity contribution in [3.63, 3.8) is 0 Å². The van der Waals surface area contributed by atoms with Crippen LogP contribution in [0, 0.1) is 5.41 Å². The molecule has 2 aromatic rings. The number of rotatable bonds is 1. The molecular weight excluding hydrogens is 268 g/mol. The maximum atomic E-state index is 12.0. The summed E-state index contributed by atoms with van der Waals surface area (Å²) in [7, 11) is 0. The standard InChI is InChI=1S/C16H18N2OS/c1-16(2,3)14(19)18-15-17-12-8-10-6-4-5-7-11(10)9-13(12)20-15/h4-7H,8-9H2,1-3H3,(H,17,18,19). The lowest BCUT2D eigenvalue weighted by Gasteiger charge is -2.15. The quantitative estimate of drug-likeness (QED) is 0.742. The topological polar surface area (TPSA) is 42.0 Å². The van der Waals surface area contributed by atoms with Crippen molar-refractivity contribution >= 4 is 22.4 Å². The van der Waals surface area contributed by atoms with E-state index in [1.54, 1.807) is 11.3 Å². The Morgan fingerprint density at radius 2 is 1.85 bits per heavy atom. The summed E-state index contributed by atoms with van der Waals surface area (Å²) >= 11 is 1.60. The van der Waals surface area contributed by atoms with Gasteiger partial charge < -0.3 is 5.32 Å². The Morgan fingerprint density at radius 3 is 2.50 bits per heavy atom. The number of nitrogens with one attached hydrogen (secondary N) is 1. The number of carbonyl (C=O) groups is 1. The van der Waals surface area contributed by atoms with Gasteiger partial charge in [0, 0.05) is 23.1 Å². The van der Waals surface area contributed by atoms with Gasteiger partial charge in [-0.3, -0.25) is 4.79 Å². The number of nitrogens with zero attached hydrogens (tertiary/aromatic N) is 1. The molecule has 3 rings (SSSR count). The predicted molar refractivity (Wildman–Crippen MR) is 82.3 cm³/mol. The van der Waals surface area contributed by atoms with Gasteiger partial charge in [0.1, 0.15) is 0 Å². The minimum atomic E-state index is -0.394. The molecule has 0 atom stereocenters. The van der Waals surface area contributed by atoms with Crippen molar-refractivity contribution in [1.82, 2.24) is 4.98 Å². The number of hydrogen-bond acceptors (Lipinski definition) is 3. The van der Waals surface area contributed by atoms with Gasteiger partial charge in [-0.05, 0) is 11.1 Å². The van der Waals surface area contributed by atoms with Crippen LogP contribution in [-0.2, 0) is 17.6 Å². The highest BCUT2D eigenvalue weighted by Gasteiger charge is 2.24. The highest BCUT2D eigenvalue weighted by Crippen LogP contribution is 2.33. The normalized spacial score (nSPS) is 13.6. The zero-order valence-electron chi connectivity index (χ0n) is 12.0. The van der Waals surface area contributed by atoms with Crippen molar-refractivity contribution in [2.45, 2.75) is 33.6 Å². The van der Waals surface area contributed by atoms with Crippen molar-refractivity contribution in [3.8, 4) is 0 Å². The van der Waals surface area contributed by atoms with Gasteiger partial charge >= 0.3 is 0 Å². The molecule has 1 N–H and O–H groups in total. The molecule has 0 saturated carbocycles. The molecule has 0 spiro atoms. The molecule has 3 nitrogen and oxygen atoms in total. The Labute approximate surface area is 123 Å². The zero-order chi connectivity index (χ0) is 14.3. The fourth-order valence-corrected chi connectivity index (χ4v) is 3.25. The summed E-state index contributed by atoms with van der Waals surface area (Å²) < 4.78 is 0. The summed E-state index contributed by atoms with van der Waals surface area (Å²) in [6.07, 6.45) is 1.79. The van der Waals surface area contributed by atoms with Crippen molar-refractivity contribution in [3.05, 3.63) is 46.0 Å². The summed E-state index contributed by atoms with van der Waals surface area (Å²) in [5, 5.41) is 3.66. The molecule has 1 aromatic carbocycles. The molecular formula is C16H18N2OS. The summed E-state index contributed by atoms with van der Waals surface area (Å²) in [6, 6.07) is 8.47. The third-order valence-corrected chi connectivity index (χ3v) is 4.52. The summed E-state index contributed by atoms with van der Waals surface area (Å²) in [4.78, 5) is 17.9. The van der Waals surface area contributed by atoms with E-state index < -0.39 is 5.41 Å². The van der Waals surface area contributed by atoms with E-state index >= 15 is 0 Å². The first kappa shape index (κ1) is 13.3. The van der Waals surface area contributed by atoms with Gasteiger partial charge in [0.05, 0.1) is 5.69 Å². The van der Waals surface area contributed by atoms with Gasteiger partial charge in [-0.15, -0.1) is 11.3 Å². The van der Waals surface area contributed by atoms with E-state index in [1.807, 2.05) is 20.8 Å². The lowest BCUT2D eigenvalue weighted by atomic mass is 9.94. The zero-order valence-corrected chi connectivity index (χ0v) is 12.8. The number of amides is 1. The van der Waals surface area contributed by atoms with Crippen LogP contribution in [-0.4, -0.2) is 10.9 Å². The van der Waals surface area contributed by atoms with Crippen LogP contribution in [0.2, 0.25) is 0 Å². The number of fused-ring (bicyclic) bond motifs is 2. The molecule has 1 aliphatic carbocycles. The molecule has 4 heteroatoms. The lowest BCUT2D eigenvalue weighted by molar-refractivity contribution is -0.123. The maximum Gasteiger partial charge on any atom is 0.231 e. The lowest BCUT2D eigenvalue weighted by Crippen LogP contribution is -2.27. The molecule has 0 fully saturated rings. The Bertz CT molecular complexity index is 625. The molecule has 0 unspecified atom stereocenters. The molecule has 20 heavy (non-hydrogen) atoms. The largest absolute Gasteiger partial charge is 0.302 e. The second kappa shape index (κ2) is 4.70. The van der Waals surface area contributed by atoms with E-state index in [0.717, 1.165) is 23.7 Å².